The molecule has 1 fully saturated rings. The van der Waals surface area contributed by atoms with Crippen LogP contribution in [0, 0.1) is 5.92 Å². The lowest BCUT2D eigenvalue weighted by Crippen LogP contribution is -2.30. The maximum Gasteiger partial charge on any atom is 0.416 e. The van der Waals surface area contributed by atoms with Crippen LogP contribution in [0.25, 0.3) is 22.3 Å². The number of carboxylic acids is 1. The zero-order valence-electron chi connectivity index (χ0n) is 23.4. The second-order valence-electron chi connectivity index (χ2n) is 11.8. The van der Waals surface area contributed by atoms with Crippen molar-refractivity contribution in [1.82, 2.24) is 4.57 Å². The van der Waals surface area contributed by atoms with Crippen LogP contribution in [0.5, 0.6) is 5.75 Å². The number of nitrogens with zero attached hydrogens (tertiary/aromatic N) is 1. The fraction of sp³-hybridized carbons (Fsp3) is 0.438. The minimum absolute atomic E-state index is 0.0170. The number of aromatic nitrogens is 1. The lowest BCUT2D eigenvalue weighted by Gasteiger charge is -2.30. The first-order valence-electron chi connectivity index (χ1n) is 13.9. The molecule has 1 saturated carbocycles. The van der Waals surface area contributed by atoms with Crippen molar-refractivity contribution < 1.29 is 32.5 Å². The van der Waals surface area contributed by atoms with Crippen molar-refractivity contribution in [2.75, 3.05) is 6.61 Å². The number of aliphatic carboxylic acids is 1. The summed E-state index contributed by atoms with van der Waals surface area (Å²) in [6, 6.07) is 10.5. The van der Waals surface area contributed by atoms with Crippen LogP contribution in [0.15, 0.2) is 53.5 Å². The van der Waals surface area contributed by atoms with E-state index >= 15 is 0 Å². The molecule has 0 amide bonds. The summed E-state index contributed by atoms with van der Waals surface area (Å²) in [4.78, 5) is 26.4. The third kappa shape index (κ3) is 6.05. The van der Waals surface area contributed by atoms with Gasteiger partial charge in [-0.1, -0.05) is 18.6 Å². The Morgan fingerprint density at radius 1 is 1.10 bits per heavy atom. The van der Waals surface area contributed by atoms with Crippen LogP contribution in [-0.4, -0.2) is 27.9 Å². The van der Waals surface area contributed by atoms with E-state index in [9.17, 15) is 27.9 Å². The Balaban J connectivity index is 1.83. The Morgan fingerprint density at radius 2 is 1.85 bits per heavy atom. The van der Waals surface area contributed by atoms with Crippen molar-refractivity contribution in [3.63, 3.8) is 0 Å². The maximum atomic E-state index is 14.6. The number of aryl methyl sites for hydroxylation is 1. The maximum absolute atomic E-state index is 14.6. The van der Waals surface area contributed by atoms with Crippen molar-refractivity contribution in [2.24, 2.45) is 5.92 Å². The quantitative estimate of drug-likeness (QED) is 0.324. The number of carbonyl (C=O) groups is 1. The van der Waals surface area contributed by atoms with Crippen LogP contribution >= 0.6 is 0 Å². The SMILES string of the molecule is CC(C)(C)OC(C(=O)O)c1c(C(F)(F)F)ccc(-c2cccn(CC3CCC3)c2=O)c1-c1ccc2c(c1)CCCO2. The summed E-state index contributed by atoms with van der Waals surface area (Å²) in [7, 11) is 0. The minimum Gasteiger partial charge on any atom is -0.493 e. The first kappa shape index (κ1) is 28.9. The molecule has 218 valence electrons. The number of benzene rings is 2. The summed E-state index contributed by atoms with van der Waals surface area (Å²) in [6.07, 6.45) is -0.583. The summed E-state index contributed by atoms with van der Waals surface area (Å²) in [6.45, 7) is 5.83. The number of pyridine rings is 1. The average molecular weight is 570 g/mol. The second-order valence-corrected chi connectivity index (χ2v) is 11.8. The molecule has 1 N–H and O–H groups in total. The second kappa shape index (κ2) is 11.0. The Hall–Kier alpha value is -3.59. The Labute approximate surface area is 236 Å². The number of alkyl halides is 3. The van der Waals surface area contributed by atoms with Gasteiger partial charge in [0.25, 0.3) is 5.56 Å². The molecule has 0 radical (unpaired) electrons. The van der Waals surface area contributed by atoms with Gasteiger partial charge in [-0.3, -0.25) is 4.79 Å². The van der Waals surface area contributed by atoms with E-state index in [0.717, 1.165) is 37.3 Å². The fourth-order valence-corrected chi connectivity index (χ4v) is 5.62. The van der Waals surface area contributed by atoms with E-state index in [2.05, 4.69) is 0 Å². The monoisotopic (exact) mass is 569 g/mol. The van der Waals surface area contributed by atoms with Gasteiger partial charge in [-0.15, -0.1) is 0 Å². The highest BCUT2D eigenvalue weighted by Gasteiger charge is 2.42. The van der Waals surface area contributed by atoms with Gasteiger partial charge in [0, 0.05) is 23.9 Å². The average Bonchev–Trinajstić information content (AvgIpc) is 2.88. The van der Waals surface area contributed by atoms with Crippen LogP contribution in [-0.2, 0) is 28.7 Å². The summed E-state index contributed by atoms with van der Waals surface area (Å²) >= 11 is 0. The number of hydrogen-bond acceptors (Lipinski definition) is 4. The third-order valence-electron chi connectivity index (χ3n) is 7.70. The van der Waals surface area contributed by atoms with E-state index in [1.54, 1.807) is 61.9 Å². The number of rotatable bonds is 7. The molecule has 41 heavy (non-hydrogen) atoms. The molecule has 1 aliphatic heterocycles. The highest BCUT2D eigenvalue weighted by atomic mass is 19.4. The van der Waals surface area contributed by atoms with Gasteiger partial charge in [0.1, 0.15) is 5.75 Å². The van der Waals surface area contributed by atoms with Crippen LogP contribution in [0.3, 0.4) is 0 Å². The first-order valence-corrected chi connectivity index (χ1v) is 13.9. The largest absolute Gasteiger partial charge is 0.493 e. The predicted molar refractivity (Wildman–Crippen MR) is 149 cm³/mol. The van der Waals surface area contributed by atoms with Crippen molar-refractivity contribution >= 4 is 5.97 Å². The van der Waals surface area contributed by atoms with Gasteiger partial charge in [0.05, 0.1) is 17.8 Å². The summed E-state index contributed by atoms with van der Waals surface area (Å²) < 4.78 is 56.9. The van der Waals surface area contributed by atoms with Crippen LogP contribution in [0.1, 0.15) is 69.2 Å². The number of ether oxygens (including phenoxy) is 2. The van der Waals surface area contributed by atoms with Gasteiger partial charge in [-0.2, -0.15) is 13.2 Å². The van der Waals surface area contributed by atoms with Gasteiger partial charge in [0.2, 0.25) is 0 Å². The smallest absolute Gasteiger partial charge is 0.416 e. The Morgan fingerprint density at radius 3 is 2.49 bits per heavy atom. The fourth-order valence-electron chi connectivity index (χ4n) is 5.62. The van der Waals surface area contributed by atoms with Crippen molar-refractivity contribution in [1.29, 1.82) is 0 Å². The molecule has 2 aromatic carbocycles. The minimum atomic E-state index is -4.88. The molecule has 2 aliphatic rings. The lowest BCUT2D eigenvalue weighted by molar-refractivity contribution is -0.163. The first-order chi connectivity index (χ1) is 19.3. The van der Waals surface area contributed by atoms with Crippen molar-refractivity contribution in [2.45, 2.75) is 77.3 Å². The molecule has 1 unspecified atom stereocenters. The molecule has 3 aromatic rings. The van der Waals surface area contributed by atoms with E-state index in [0.29, 0.717) is 36.8 Å². The summed E-state index contributed by atoms with van der Waals surface area (Å²) in [5.41, 5.74) is -1.45. The van der Waals surface area contributed by atoms with E-state index in [4.69, 9.17) is 9.47 Å². The summed E-state index contributed by atoms with van der Waals surface area (Å²) in [5, 5.41) is 10.3. The number of carboxylic acid groups (broad SMARTS) is 1. The van der Waals surface area contributed by atoms with Gasteiger partial charge in [-0.05, 0) is 105 Å². The Kier molecular flexibility index (Phi) is 7.76. The Bertz CT molecular complexity index is 1520. The molecule has 9 heteroatoms. The lowest BCUT2D eigenvalue weighted by atomic mass is 9.84. The highest BCUT2D eigenvalue weighted by Crippen LogP contribution is 2.47. The van der Waals surface area contributed by atoms with Crippen molar-refractivity contribution in [3.8, 4) is 28.0 Å². The van der Waals surface area contributed by atoms with Gasteiger partial charge in [0.15, 0.2) is 6.10 Å². The third-order valence-corrected chi connectivity index (χ3v) is 7.70. The number of fused-ring (bicyclic) bond motifs is 1. The molecule has 0 spiro atoms. The normalized spacial score (nSPS) is 16.4. The summed E-state index contributed by atoms with van der Waals surface area (Å²) in [5.74, 6) is -0.540. The van der Waals surface area contributed by atoms with Crippen LogP contribution in [0.4, 0.5) is 13.2 Å². The number of halogens is 3. The molecule has 5 rings (SSSR count). The molecule has 2 heterocycles. The molecule has 0 bridgehead atoms. The van der Waals surface area contributed by atoms with E-state index in [1.165, 1.54) is 6.07 Å². The predicted octanol–water partition coefficient (Wildman–Crippen LogP) is 7.27. The van der Waals surface area contributed by atoms with E-state index < -0.39 is 35.0 Å². The van der Waals surface area contributed by atoms with Gasteiger partial charge in [-0.25, -0.2) is 4.79 Å². The zero-order valence-corrected chi connectivity index (χ0v) is 23.4. The van der Waals surface area contributed by atoms with Crippen LogP contribution in [0.2, 0.25) is 0 Å². The topological polar surface area (TPSA) is 77.8 Å². The molecular weight excluding hydrogens is 535 g/mol. The van der Waals surface area contributed by atoms with E-state index in [1.807, 2.05) is 0 Å². The van der Waals surface area contributed by atoms with Gasteiger partial charge < -0.3 is 19.1 Å². The van der Waals surface area contributed by atoms with Gasteiger partial charge >= 0.3 is 12.1 Å². The van der Waals surface area contributed by atoms with E-state index in [-0.39, 0.29) is 22.2 Å². The molecule has 1 atom stereocenters. The zero-order chi connectivity index (χ0) is 29.5. The molecular formula is C32H34F3NO5. The molecule has 6 nitrogen and oxygen atoms in total. The highest BCUT2D eigenvalue weighted by molar-refractivity contribution is 5.90. The molecule has 1 aromatic heterocycles. The number of hydrogen-bond donors (Lipinski definition) is 1. The van der Waals surface area contributed by atoms with Crippen LogP contribution < -0.4 is 10.3 Å². The molecule has 1 aliphatic carbocycles. The molecule has 0 saturated heterocycles. The standard InChI is InChI=1S/C32H34F3NO5/c1-31(2,3)41-28(30(38)39)27-24(32(33,34)35)13-12-22(23-10-5-15-36(29(23)37)18-19-7-4-8-19)26(27)21-11-14-25-20(17-21)9-6-16-40-25/h5,10-15,17,19,28H,4,6-9,16,18H2,1-3H3,(H,38,39). The van der Waals surface area contributed by atoms with Crippen molar-refractivity contribution in [3.05, 3.63) is 75.7 Å².